The first-order valence-corrected chi connectivity index (χ1v) is 7.31. The third-order valence-corrected chi connectivity index (χ3v) is 3.99. The van der Waals surface area contributed by atoms with Gasteiger partial charge in [-0.25, -0.2) is 4.68 Å². The number of hydrogen-bond acceptors (Lipinski definition) is 3. The smallest absolute Gasteiger partial charge is 0.282 e. The molecular formula is C13H12BrCl2N3O. The van der Waals surface area contributed by atoms with E-state index in [1.165, 1.54) is 4.68 Å². The minimum absolute atomic E-state index is 0.182. The molecule has 2 rings (SSSR count). The Balaban J connectivity index is 2.30. The van der Waals surface area contributed by atoms with Crippen molar-refractivity contribution in [3.8, 4) is 0 Å². The molecule has 20 heavy (non-hydrogen) atoms. The quantitative estimate of drug-likeness (QED) is 0.822. The summed E-state index contributed by atoms with van der Waals surface area (Å²) in [6, 6.07) is 5.36. The van der Waals surface area contributed by atoms with E-state index in [-0.39, 0.29) is 5.56 Å². The molecule has 0 aliphatic heterocycles. The van der Waals surface area contributed by atoms with Gasteiger partial charge in [-0.2, -0.15) is 5.10 Å². The minimum atomic E-state index is -0.182. The Morgan fingerprint density at radius 2 is 1.90 bits per heavy atom. The Hall–Kier alpha value is -1.04. The molecule has 1 aromatic heterocycles. The lowest BCUT2D eigenvalue weighted by Crippen LogP contribution is -2.25. The van der Waals surface area contributed by atoms with Gasteiger partial charge in [-0.3, -0.25) is 4.79 Å². The van der Waals surface area contributed by atoms with Crippen molar-refractivity contribution in [2.75, 3.05) is 11.9 Å². The zero-order chi connectivity index (χ0) is 14.9. The first kappa shape index (κ1) is 15.4. The topological polar surface area (TPSA) is 38.1 Å². The highest BCUT2D eigenvalue weighted by Gasteiger charge is 2.12. The lowest BCUT2D eigenvalue weighted by atomic mass is 10.2. The van der Waals surface area contributed by atoms with Crippen molar-refractivity contribution in [1.29, 1.82) is 0 Å². The molecule has 0 N–H and O–H groups in total. The Kier molecular flexibility index (Phi) is 4.73. The molecule has 1 heterocycles. The number of hydrogen-bond donors (Lipinski definition) is 0. The van der Waals surface area contributed by atoms with Gasteiger partial charge in [-0.15, -0.1) is 0 Å². The summed E-state index contributed by atoms with van der Waals surface area (Å²) in [4.78, 5) is 13.7. The molecule has 1 aromatic carbocycles. The van der Waals surface area contributed by atoms with Crippen molar-refractivity contribution in [2.24, 2.45) is 7.05 Å². The lowest BCUT2D eigenvalue weighted by molar-refractivity contribution is 0.698. The van der Waals surface area contributed by atoms with E-state index in [1.807, 2.05) is 24.1 Å². The van der Waals surface area contributed by atoms with E-state index in [0.717, 1.165) is 5.56 Å². The second-order valence-electron chi connectivity index (χ2n) is 4.41. The van der Waals surface area contributed by atoms with E-state index in [4.69, 9.17) is 23.2 Å². The van der Waals surface area contributed by atoms with Crippen molar-refractivity contribution >= 4 is 44.8 Å². The number of aromatic nitrogens is 2. The molecule has 2 aromatic rings. The van der Waals surface area contributed by atoms with Crippen LogP contribution in [0.5, 0.6) is 0 Å². The summed E-state index contributed by atoms with van der Waals surface area (Å²) >= 11 is 15.3. The largest absolute Gasteiger partial charge is 0.368 e. The maximum absolute atomic E-state index is 11.8. The average Bonchev–Trinajstić information content (AvgIpc) is 2.34. The highest BCUT2D eigenvalue weighted by molar-refractivity contribution is 9.10. The standard InChI is InChI=1S/C13H12BrCl2N3O/c1-18(7-8-3-9(15)5-10(16)4-8)11-6-17-19(2)13(20)12(11)14/h3-6H,7H2,1-2H3. The van der Waals surface area contributed by atoms with Crippen LogP contribution in [0.15, 0.2) is 33.7 Å². The lowest BCUT2D eigenvalue weighted by Gasteiger charge is -2.20. The van der Waals surface area contributed by atoms with Crippen LogP contribution in [0.3, 0.4) is 0 Å². The van der Waals surface area contributed by atoms with Crippen molar-refractivity contribution in [3.63, 3.8) is 0 Å². The molecule has 0 aliphatic rings. The maximum atomic E-state index is 11.8. The van der Waals surface area contributed by atoms with Crippen LogP contribution in [0.2, 0.25) is 10.0 Å². The van der Waals surface area contributed by atoms with Gasteiger partial charge in [0.1, 0.15) is 4.47 Å². The fraction of sp³-hybridized carbons (Fsp3) is 0.231. The van der Waals surface area contributed by atoms with E-state index in [9.17, 15) is 4.79 Å². The van der Waals surface area contributed by atoms with E-state index >= 15 is 0 Å². The van der Waals surface area contributed by atoms with Gasteiger partial charge in [-0.05, 0) is 39.7 Å². The van der Waals surface area contributed by atoms with Gasteiger partial charge >= 0.3 is 0 Å². The summed E-state index contributed by atoms with van der Waals surface area (Å²) in [5.41, 5.74) is 1.49. The summed E-state index contributed by atoms with van der Waals surface area (Å²) in [5, 5.41) is 5.19. The molecule has 106 valence electrons. The summed E-state index contributed by atoms with van der Waals surface area (Å²) in [6.45, 7) is 0.563. The van der Waals surface area contributed by atoms with E-state index in [0.29, 0.717) is 26.8 Å². The van der Waals surface area contributed by atoms with Gasteiger partial charge < -0.3 is 4.90 Å². The fourth-order valence-electron chi connectivity index (χ4n) is 1.83. The first-order valence-electron chi connectivity index (χ1n) is 5.76. The third-order valence-electron chi connectivity index (χ3n) is 2.81. The van der Waals surface area contributed by atoms with Crippen LogP contribution in [-0.2, 0) is 13.6 Å². The van der Waals surface area contributed by atoms with E-state index in [2.05, 4.69) is 21.0 Å². The second-order valence-corrected chi connectivity index (χ2v) is 6.07. The molecular weight excluding hydrogens is 365 g/mol. The number of aryl methyl sites for hydroxylation is 1. The van der Waals surface area contributed by atoms with Crippen LogP contribution in [0.25, 0.3) is 0 Å². The van der Waals surface area contributed by atoms with Crippen molar-refractivity contribution in [1.82, 2.24) is 9.78 Å². The highest BCUT2D eigenvalue weighted by atomic mass is 79.9. The van der Waals surface area contributed by atoms with Crippen LogP contribution in [-0.4, -0.2) is 16.8 Å². The van der Waals surface area contributed by atoms with Gasteiger partial charge in [-0.1, -0.05) is 23.2 Å². The first-order chi connectivity index (χ1) is 9.38. The Labute approximate surface area is 135 Å². The van der Waals surface area contributed by atoms with Crippen LogP contribution >= 0.6 is 39.1 Å². The molecule has 0 aliphatic carbocycles. The molecule has 0 bridgehead atoms. The van der Waals surface area contributed by atoms with Crippen molar-refractivity contribution < 1.29 is 0 Å². The van der Waals surface area contributed by atoms with Crippen molar-refractivity contribution in [3.05, 3.63) is 54.8 Å². The summed E-state index contributed by atoms with van der Waals surface area (Å²) < 4.78 is 1.75. The zero-order valence-electron chi connectivity index (χ0n) is 10.9. The molecule has 0 radical (unpaired) electrons. The Bertz CT molecular complexity index is 682. The Morgan fingerprint density at radius 3 is 2.50 bits per heavy atom. The zero-order valence-corrected chi connectivity index (χ0v) is 14.0. The van der Waals surface area contributed by atoms with Crippen LogP contribution in [0.1, 0.15) is 5.56 Å². The summed E-state index contributed by atoms with van der Waals surface area (Å²) in [6.07, 6.45) is 1.64. The molecule has 0 saturated carbocycles. The average molecular weight is 377 g/mol. The van der Waals surface area contributed by atoms with Gasteiger partial charge in [0.25, 0.3) is 5.56 Å². The monoisotopic (exact) mass is 375 g/mol. The molecule has 0 unspecified atom stereocenters. The number of rotatable bonds is 3. The molecule has 0 atom stereocenters. The van der Waals surface area contributed by atoms with Gasteiger partial charge in [0.2, 0.25) is 0 Å². The molecule has 4 nitrogen and oxygen atoms in total. The SMILES string of the molecule is CN(Cc1cc(Cl)cc(Cl)c1)c1cnn(C)c(=O)c1Br. The van der Waals surface area contributed by atoms with Gasteiger partial charge in [0, 0.05) is 30.7 Å². The predicted octanol–water partition coefficient (Wildman–Crippen LogP) is 3.49. The van der Waals surface area contributed by atoms with Crippen molar-refractivity contribution in [2.45, 2.75) is 6.54 Å². The van der Waals surface area contributed by atoms with Crippen LogP contribution < -0.4 is 10.5 Å². The normalized spacial score (nSPS) is 10.7. The summed E-state index contributed by atoms with van der Waals surface area (Å²) in [7, 11) is 3.48. The molecule has 7 heteroatoms. The molecule has 0 amide bonds. The van der Waals surface area contributed by atoms with Crippen LogP contribution in [0.4, 0.5) is 5.69 Å². The number of benzene rings is 1. The molecule has 0 spiro atoms. The minimum Gasteiger partial charge on any atom is -0.368 e. The predicted molar refractivity (Wildman–Crippen MR) is 85.7 cm³/mol. The molecule has 0 fully saturated rings. The Morgan fingerprint density at radius 1 is 1.30 bits per heavy atom. The van der Waals surface area contributed by atoms with Gasteiger partial charge in [0.05, 0.1) is 11.9 Å². The number of anilines is 1. The van der Waals surface area contributed by atoms with Crippen LogP contribution in [0, 0.1) is 0 Å². The second kappa shape index (κ2) is 6.16. The maximum Gasteiger partial charge on any atom is 0.282 e. The van der Waals surface area contributed by atoms with E-state index < -0.39 is 0 Å². The summed E-state index contributed by atoms with van der Waals surface area (Å²) in [5.74, 6) is 0. The number of halogens is 3. The third kappa shape index (κ3) is 3.34. The highest BCUT2D eigenvalue weighted by Crippen LogP contribution is 2.24. The van der Waals surface area contributed by atoms with E-state index in [1.54, 1.807) is 19.3 Å². The number of nitrogens with zero attached hydrogens (tertiary/aromatic N) is 3. The molecule has 0 saturated heterocycles. The fourth-order valence-corrected chi connectivity index (χ4v) is 3.06. The van der Waals surface area contributed by atoms with Gasteiger partial charge in [0.15, 0.2) is 0 Å².